The molecule has 3 atom stereocenters. The quantitative estimate of drug-likeness (QED) is 0.606. The molecule has 0 aromatic carbocycles. The molecule has 0 aromatic heterocycles. The summed E-state index contributed by atoms with van der Waals surface area (Å²) in [5, 5.41) is 0. The minimum absolute atomic E-state index is 0.471. The van der Waals surface area contributed by atoms with E-state index in [4.69, 9.17) is 9.47 Å². The second-order valence-corrected chi connectivity index (χ2v) is 6.74. The van der Waals surface area contributed by atoms with Crippen LogP contribution in [-0.4, -0.2) is 51.0 Å². The zero-order valence-corrected chi connectivity index (χ0v) is 14.2. The van der Waals surface area contributed by atoms with Crippen molar-refractivity contribution in [3.05, 3.63) is 0 Å². The van der Waals surface area contributed by atoms with Crippen LogP contribution in [0, 0.1) is 17.8 Å². The van der Waals surface area contributed by atoms with Crippen LogP contribution in [-0.2, 0) is 9.47 Å². The Hall–Kier alpha value is -0.120. The molecular formula is C17H35NO2. The second kappa shape index (κ2) is 9.75. The molecule has 1 aliphatic carbocycles. The third-order valence-corrected chi connectivity index (χ3v) is 4.59. The summed E-state index contributed by atoms with van der Waals surface area (Å²) < 4.78 is 11.6. The van der Waals surface area contributed by atoms with E-state index in [2.05, 4.69) is 32.7 Å². The lowest BCUT2D eigenvalue weighted by atomic mass is 9.75. The van der Waals surface area contributed by atoms with Gasteiger partial charge in [0.25, 0.3) is 0 Å². The van der Waals surface area contributed by atoms with Crippen molar-refractivity contribution in [3.8, 4) is 0 Å². The van der Waals surface area contributed by atoms with Gasteiger partial charge >= 0.3 is 0 Å². The Morgan fingerprint density at radius 3 is 2.50 bits per heavy atom. The predicted molar refractivity (Wildman–Crippen MR) is 85.1 cm³/mol. The Morgan fingerprint density at radius 2 is 1.85 bits per heavy atom. The maximum absolute atomic E-state index is 6.22. The summed E-state index contributed by atoms with van der Waals surface area (Å²) in [7, 11) is 2.14. The highest BCUT2D eigenvalue weighted by atomic mass is 16.5. The van der Waals surface area contributed by atoms with Crippen molar-refractivity contribution >= 4 is 0 Å². The Balaban J connectivity index is 2.23. The molecule has 0 unspecified atom stereocenters. The topological polar surface area (TPSA) is 21.7 Å². The normalized spacial score (nSPS) is 27.4. The first-order valence-electron chi connectivity index (χ1n) is 8.42. The number of ether oxygens (including phenoxy) is 2. The third kappa shape index (κ3) is 6.55. The van der Waals surface area contributed by atoms with Crippen LogP contribution >= 0.6 is 0 Å². The van der Waals surface area contributed by atoms with E-state index in [0.717, 1.165) is 50.7 Å². The number of likely N-dealkylation sites (N-methyl/N-ethyl adjacent to an activating group) is 1. The van der Waals surface area contributed by atoms with Gasteiger partial charge in [-0.1, -0.05) is 27.2 Å². The van der Waals surface area contributed by atoms with Crippen molar-refractivity contribution in [1.29, 1.82) is 0 Å². The van der Waals surface area contributed by atoms with Crippen LogP contribution < -0.4 is 0 Å². The van der Waals surface area contributed by atoms with Gasteiger partial charge in [0.2, 0.25) is 0 Å². The molecule has 0 radical (unpaired) electrons. The molecule has 1 fully saturated rings. The average molecular weight is 285 g/mol. The minimum atomic E-state index is 0.471. The zero-order chi connectivity index (χ0) is 15.0. The highest BCUT2D eigenvalue weighted by Gasteiger charge is 2.31. The van der Waals surface area contributed by atoms with E-state index in [1.807, 2.05) is 6.92 Å². The van der Waals surface area contributed by atoms with E-state index in [9.17, 15) is 0 Å². The smallest absolute Gasteiger partial charge is 0.0608 e. The van der Waals surface area contributed by atoms with Crippen LogP contribution in [0.2, 0.25) is 0 Å². The van der Waals surface area contributed by atoms with Gasteiger partial charge in [0.1, 0.15) is 0 Å². The van der Waals surface area contributed by atoms with Gasteiger partial charge in [-0.25, -0.2) is 0 Å². The lowest BCUT2D eigenvalue weighted by molar-refractivity contribution is -0.0438. The molecule has 3 nitrogen and oxygen atoms in total. The van der Waals surface area contributed by atoms with Crippen molar-refractivity contribution in [3.63, 3.8) is 0 Å². The molecule has 0 heterocycles. The standard InChI is InChI=1S/C17H35NO2/c1-6-19-11-9-18(5)10-12-20-17-13-15(4)7-8-16(17)14(2)3/h14-17H,6-13H2,1-5H3/t15-,16+,17-/m1/s1. The van der Waals surface area contributed by atoms with Crippen LogP contribution in [0.4, 0.5) is 0 Å². The van der Waals surface area contributed by atoms with Gasteiger partial charge in [-0.2, -0.15) is 0 Å². The van der Waals surface area contributed by atoms with Gasteiger partial charge in [0, 0.05) is 19.7 Å². The molecule has 20 heavy (non-hydrogen) atoms. The van der Waals surface area contributed by atoms with E-state index in [-0.39, 0.29) is 0 Å². The van der Waals surface area contributed by atoms with Crippen LogP contribution in [0.5, 0.6) is 0 Å². The molecule has 1 aliphatic rings. The van der Waals surface area contributed by atoms with Crippen molar-refractivity contribution in [2.75, 3.05) is 40.0 Å². The largest absolute Gasteiger partial charge is 0.380 e. The molecule has 1 rings (SSSR count). The summed E-state index contributed by atoms with van der Waals surface area (Å²) in [6, 6.07) is 0. The van der Waals surface area contributed by atoms with E-state index in [1.165, 1.54) is 19.3 Å². The van der Waals surface area contributed by atoms with Crippen molar-refractivity contribution in [2.24, 2.45) is 17.8 Å². The fraction of sp³-hybridized carbons (Fsp3) is 1.00. The molecule has 0 bridgehead atoms. The zero-order valence-electron chi connectivity index (χ0n) is 14.2. The first-order chi connectivity index (χ1) is 9.54. The van der Waals surface area contributed by atoms with Crippen molar-refractivity contribution in [2.45, 2.75) is 53.1 Å². The average Bonchev–Trinajstić information content (AvgIpc) is 2.38. The minimum Gasteiger partial charge on any atom is -0.380 e. The Labute approximate surface area is 126 Å². The molecule has 1 saturated carbocycles. The molecular weight excluding hydrogens is 250 g/mol. The molecule has 0 N–H and O–H groups in total. The lowest BCUT2D eigenvalue weighted by Gasteiger charge is -2.37. The van der Waals surface area contributed by atoms with Crippen LogP contribution in [0.15, 0.2) is 0 Å². The van der Waals surface area contributed by atoms with Crippen molar-refractivity contribution in [1.82, 2.24) is 4.90 Å². The van der Waals surface area contributed by atoms with Crippen LogP contribution in [0.3, 0.4) is 0 Å². The third-order valence-electron chi connectivity index (χ3n) is 4.59. The van der Waals surface area contributed by atoms with E-state index in [0.29, 0.717) is 6.10 Å². The molecule has 0 amide bonds. The van der Waals surface area contributed by atoms with Crippen LogP contribution in [0.25, 0.3) is 0 Å². The number of hydrogen-bond donors (Lipinski definition) is 0. The molecule has 0 saturated heterocycles. The Kier molecular flexibility index (Phi) is 8.74. The summed E-state index contributed by atoms with van der Waals surface area (Å²) >= 11 is 0. The summed E-state index contributed by atoms with van der Waals surface area (Å²) in [6.07, 6.45) is 4.42. The fourth-order valence-corrected chi connectivity index (χ4v) is 3.14. The van der Waals surface area contributed by atoms with E-state index in [1.54, 1.807) is 0 Å². The lowest BCUT2D eigenvalue weighted by Crippen LogP contribution is -2.36. The summed E-state index contributed by atoms with van der Waals surface area (Å²) in [5.41, 5.74) is 0. The second-order valence-electron chi connectivity index (χ2n) is 6.74. The van der Waals surface area contributed by atoms with Crippen LogP contribution in [0.1, 0.15) is 47.0 Å². The summed E-state index contributed by atoms with van der Waals surface area (Å²) in [6.45, 7) is 13.6. The maximum Gasteiger partial charge on any atom is 0.0608 e. The Morgan fingerprint density at radius 1 is 1.15 bits per heavy atom. The monoisotopic (exact) mass is 285 g/mol. The first kappa shape index (κ1) is 17.9. The maximum atomic E-state index is 6.22. The van der Waals surface area contributed by atoms with E-state index < -0.39 is 0 Å². The fourth-order valence-electron chi connectivity index (χ4n) is 3.14. The molecule has 0 spiro atoms. The van der Waals surface area contributed by atoms with Gasteiger partial charge in [-0.05, 0) is 44.6 Å². The first-order valence-corrected chi connectivity index (χ1v) is 8.42. The molecule has 0 aromatic rings. The van der Waals surface area contributed by atoms with Gasteiger partial charge in [0.15, 0.2) is 0 Å². The van der Waals surface area contributed by atoms with Crippen molar-refractivity contribution < 1.29 is 9.47 Å². The molecule has 3 heteroatoms. The predicted octanol–water partition coefficient (Wildman–Crippen LogP) is 3.43. The summed E-state index contributed by atoms with van der Waals surface area (Å²) in [5.74, 6) is 2.31. The number of rotatable bonds is 9. The molecule has 0 aliphatic heterocycles. The van der Waals surface area contributed by atoms with Gasteiger partial charge in [-0.3, -0.25) is 0 Å². The highest BCUT2D eigenvalue weighted by molar-refractivity contribution is 4.81. The van der Waals surface area contributed by atoms with Gasteiger partial charge in [0.05, 0.1) is 19.3 Å². The number of nitrogens with zero attached hydrogens (tertiary/aromatic N) is 1. The highest BCUT2D eigenvalue weighted by Crippen LogP contribution is 2.35. The number of hydrogen-bond acceptors (Lipinski definition) is 3. The Bertz CT molecular complexity index is 245. The summed E-state index contributed by atoms with van der Waals surface area (Å²) in [4.78, 5) is 2.30. The molecule has 120 valence electrons. The van der Waals surface area contributed by atoms with Gasteiger partial charge in [-0.15, -0.1) is 0 Å². The van der Waals surface area contributed by atoms with E-state index >= 15 is 0 Å². The van der Waals surface area contributed by atoms with Gasteiger partial charge < -0.3 is 14.4 Å². The SMILES string of the molecule is CCOCCN(C)CCO[C@@H]1C[C@H](C)CC[C@H]1C(C)C.